The number of methoxy groups -OCH3 is 1. The lowest BCUT2D eigenvalue weighted by atomic mass is 10.2. The van der Waals surface area contributed by atoms with Crippen molar-refractivity contribution in [3.8, 4) is 5.88 Å². The maximum atomic E-state index is 12.9. The van der Waals surface area contributed by atoms with Gasteiger partial charge in [0.05, 0.1) is 7.11 Å². The standard InChI is InChI=1S/C10H8FNO/c1-13-10-8-5-3-2-4-7(8)6-9(11)12-10/h2-6H,1H3. The average Bonchev–Trinajstić information content (AvgIpc) is 2.16. The van der Waals surface area contributed by atoms with Crippen molar-refractivity contribution in [1.82, 2.24) is 4.98 Å². The van der Waals surface area contributed by atoms with Crippen LogP contribution in [0.5, 0.6) is 5.88 Å². The number of halogens is 1. The Hall–Kier alpha value is -1.64. The number of hydrogen-bond acceptors (Lipinski definition) is 2. The maximum absolute atomic E-state index is 12.9. The zero-order valence-corrected chi connectivity index (χ0v) is 7.12. The van der Waals surface area contributed by atoms with Crippen molar-refractivity contribution in [1.29, 1.82) is 0 Å². The molecule has 1 heterocycles. The fourth-order valence-corrected chi connectivity index (χ4v) is 1.29. The van der Waals surface area contributed by atoms with Crippen LogP contribution in [0, 0.1) is 5.95 Å². The fourth-order valence-electron chi connectivity index (χ4n) is 1.29. The van der Waals surface area contributed by atoms with E-state index in [1.807, 2.05) is 24.3 Å². The van der Waals surface area contributed by atoms with Crippen molar-refractivity contribution in [3.05, 3.63) is 36.3 Å². The van der Waals surface area contributed by atoms with Crippen LogP contribution in [0.1, 0.15) is 0 Å². The van der Waals surface area contributed by atoms with Crippen LogP contribution in [0.3, 0.4) is 0 Å². The van der Waals surface area contributed by atoms with E-state index in [0.717, 1.165) is 10.8 Å². The summed E-state index contributed by atoms with van der Waals surface area (Å²) in [5.74, 6) is -0.189. The lowest BCUT2D eigenvalue weighted by molar-refractivity contribution is 0.393. The van der Waals surface area contributed by atoms with Gasteiger partial charge in [-0.05, 0) is 11.5 Å². The minimum absolute atomic E-state index is 0.329. The van der Waals surface area contributed by atoms with Crippen molar-refractivity contribution in [2.45, 2.75) is 0 Å². The molecule has 0 saturated heterocycles. The Bertz CT molecular complexity index is 442. The minimum Gasteiger partial charge on any atom is -0.480 e. The van der Waals surface area contributed by atoms with E-state index in [1.54, 1.807) is 0 Å². The maximum Gasteiger partial charge on any atom is 0.223 e. The van der Waals surface area contributed by atoms with Crippen LogP contribution >= 0.6 is 0 Å². The first kappa shape index (κ1) is 7.98. The monoisotopic (exact) mass is 177 g/mol. The Kier molecular flexibility index (Phi) is 1.85. The largest absolute Gasteiger partial charge is 0.480 e. The third-order valence-corrected chi connectivity index (χ3v) is 1.87. The molecule has 0 aliphatic rings. The van der Waals surface area contributed by atoms with Gasteiger partial charge in [0, 0.05) is 11.5 Å². The molecule has 0 amide bonds. The van der Waals surface area contributed by atoms with E-state index in [1.165, 1.54) is 13.2 Å². The van der Waals surface area contributed by atoms with E-state index in [4.69, 9.17) is 4.74 Å². The highest BCUT2D eigenvalue weighted by atomic mass is 19.1. The number of fused-ring (bicyclic) bond motifs is 1. The van der Waals surface area contributed by atoms with E-state index in [9.17, 15) is 4.39 Å². The Morgan fingerprint density at radius 3 is 2.85 bits per heavy atom. The molecule has 1 aromatic carbocycles. The molecule has 1 aromatic heterocycles. The zero-order chi connectivity index (χ0) is 9.26. The van der Waals surface area contributed by atoms with Gasteiger partial charge >= 0.3 is 0 Å². The highest BCUT2D eigenvalue weighted by molar-refractivity contribution is 5.86. The Labute approximate surface area is 75.0 Å². The van der Waals surface area contributed by atoms with Gasteiger partial charge in [0.2, 0.25) is 11.8 Å². The van der Waals surface area contributed by atoms with Crippen LogP contribution in [-0.2, 0) is 0 Å². The number of nitrogens with zero attached hydrogens (tertiary/aromatic N) is 1. The molecular weight excluding hydrogens is 169 g/mol. The van der Waals surface area contributed by atoms with Crippen LogP contribution in [0.2, 0.25) is 0 Å². The van der Waals surface area contributed by atoms with E-state index in [2.05, 4.69) is 4.98 Å². The number of benzene rings is 1. The summed E-state index contributed by atoms with van der Waals surface area (Å²) in [6.45, 7) is 0. The molecule has 2 rings (SSSR count). The van der Waals surface area contributed by atoms with Crippen LogP contribution in [-0.4, -0.2) is 12.1 Å². The molecule has 2 nitrogen and oxygen atoms in total. The molecule has 66 valence electrons. The summed E-state index contributed by atoms with van der Waals surface area (Å²) in [6.07, 6.45) is 0. The summed E-state index contributed by atoms with van der Waals surface area (Å²) in [5, 5.41) is 1.62. The fraction of sp³-hybridized carbons (Fsp3) is 0.100. The third-order valence-electron chi connectivity index (χ3n) is 1.87. The second-order valence-corrected chi connectivity index (χ2v) is 2.68. The number of aromatic nitrogens is 1. The summed E-state index contributed by atoms with van der Waals surface area (Å²) in [7, 11) is 1.48. The van der Waals surface area contributed by atoms with Crippen molar-refractivity contribution in [3.63, 3.8) is 0 Å². The van der Waals surface area contributed by atoms with E-state index in [-0.39, 0.29) is 0 Å². The van der Waals surface area contributed by atoms with Crippen molar-refractivity contribution < 1.29 is 9.13 Å². The topological polar surface area (TPSA) is 22.1 Å². The Balaban J connectivity index is 2.81. The number of pyridine rings is 1. The summed E-state index contributed by atoms with van der Waals surface area (Å²) >= 11 is 0. The second-order valence-electron chi connectivity index (χ2n) is 2.68. The predicted molar refractivity (Wildman–Crippen MR) is 48.3 cm³/mol. The number of ether oxygens (including phenoxy) is 1. The van der Waals surface area contributed by atoms with Crippen LogP contribution < -0.4 is 4.74 Å². The number of rotatable bonds is 1. The molecule has 0 spiro atoms. The van der Waals surface area contributed by atoms with E-state index < -0.39 is 5.95 Å². The SMILES string of the molecule is COc1nc(F)cc2ccccc12. The van der Waals surface area contributed by atoms with Gasteiger partial charge in [-0.2, -0.15) is 9.37 Å². The molecule has 0 N–H and O–H groups in total. The van der Waals surface area contributed by atoms with Gasteiger partial charge in [-0.25, -0.2) is 0 Å². The first-order chi connectivity index (χ1) is 6.31. The molecule has 0 fully saturated rings. The molecule has 0 saturated carbocycles. The van der Waals surface area contributed by atoms with Crippen LogP contribution in [0.15, 0.2) is 30.3 Å². The molecule has 0 aliphatic heterocycles. The van der Waals surface area contributed by atoms with Gasteiger partial charge in [-0.3, -0.25) is 0 Å². The molecule has 13 heavy (non-hydrogen) atoms. The van der Waals surface area contributed by atoms with Gasteiger partial charge in [0.15, 0.2) is 0 Å². The second kappa shape index (κ2) is 3.01. The predicted octanol–water partition coefficient (Wildman–Crippen LogP) is 2.38. The summed E-state index contributed by atoms with van der Waals surface area (Å²) in [4.78, 5) is 3.63. The quantitative estimate of drug-likeness (QED) is 0.624. The van der Waals surface area contributed by atoms with Crippen molar-refractivity contribution >= 4 is 10.8 Å². The molecule has 2 aromatic rings. The molecule has 0 bridgehead atoms. The minimum atomic E-state index is -0.518. The first-order valence-corrected chi connectivity index (χ1v) is 3.90. The lowest BCUT2D eigenvalue weighted by Gasteiger charge is -2.03. The summed E-state index contributed by atoms with van der Waals surface area (Å²) < 4.78 is 17.9. The molecule has 0 aliphatic carbocycles. The van der Waals surface area contributed by atoms with Gasteiger partial charge < -0.3 is 4.74 Å². The third kappa shape index (κ3) is 1.33. The highest BCUT2D eigenvalue weighted by Crippen LogP contribution is 2.23. The van der Waals surface area contributed by atoms with E-state index in [0.29, 0.717) is 5.88 Å². The molecule has 3 heteroatoms. The summed E-state index contributed by atoms with van der Waals surface area (Å²) in [5.41, 5.74) is 0. The molecule has 0 unspecified atom stereocenters. The van der Waals surface area contributed by atoms with Gasteiger partial charge in [-0.15, -0.1) is 0 Å². The average molecular weight is 177 g/mol. The Morgan fingerprint density at radius 2 is 2.08 bits per heavy atom. The van der Waals surface area contributed by atoms with Gasteiger partial charge in [0.25, 0.3) is 0 Å². The van der Waals surface area contributed by atoms with Crippen molar-refractivity contribution in [2.24, 2.45) is 0 Å². The molecular formula is C10H8FNO. The molecule has 0 atom stereocenters. The lowest BCUT2D eigenvalue weighted by Crippen LogP contribution is -1.91. The van der Waals surface area contributed by atoms with Crippen LogP contribution in [0.4, 0.5) is 4.39 Å². The van der Waals surface area contributed by atoms with Gasteiger partial charge in [0.1, 0.15) is 0 Å². The van der Waals surface area contributed by atoms with Crippen molar-refractivity contribution in [2.75, 3.05) is 7.11 Å². The van der Waals surface area contributed by atoms with Crippen LogP contribution in [0.25, 0.3) is 10.8 Å². The Morgan fingerprint density at radius 1 is 1.31 bits per heavy atom. The summed E-state index contributed by atoms with van der Waals surface area (Å²) in [6, 6.07) is 8.77. The normalized spacial score (nSPS) is 10.3. The zero-order valence-electron chi connectivity index (χ0n) is 7.12. The molecule has 0 radical (unpaired) electrons. The highest BCUT2D eigenvalue weighted by Gasteiger charge is 2.04. The number of hydrogen-bond donors (Lipinski definition) is 0. The first-order valence-electron chi connectivity index (χ1n) is 3.90. The van der Waals surface area contributed by atoms with E-state index >= 15 is 0 Å². The van der Waals surface area contributed by atoms with Gasteiger partial charge in [-0.1, -0.05) is 18.2 Å². The smallest absolute Gasteiger partial charge is 0.223 e.